The first-order valence-corrected chi connectivity index (χ1v) is 13.3. The smallest absolute Gasteiger partial charge is 0.339 e. The normalized spacial score (nSPS) is 11.2. The molecule has 0 unspecified atom stereocenters. The molecule has 0 fully saturated rings. The molecule has 0 aliphatic heterocycles. The van der Waals surface area contributed by atoms with Crippen LogP contribution < -0.4 is 0 Å². The Morgan fingerprint density at radius 1 is 0.576 bits per heavy atom. The second kappa shape index (κ2) is 18.6. The molecule has 1 aromatic rings. The van der Waals surface area contributed by atoms with Crippen molar-refractivity contribution in [1.82, 2.24) is 0 Å². The zero-order valence-electron chi connectivity index (χ0n) is 21.7. The van der Waals surface area contributed by atoms with Crippen LogP contribution in [0.15, 0.2) is 24.3 Å². The molecule has 1 rings (SSSR count). The zero-order chi connectivity index (χ0) is 24.3. The van der Waals surface area contributed by atoms with Crippen molar-refractivity contribution < 1.29 is 19.1 Å². The van der Waals surface area contributed by atoms with Crippen molar-refractivity contribution in [2.24, 2.45) is 11.8 Å². The summed E-state index contributed by atoms with van der Waals surface area (Å²) in [6.07, 6.45) is 15.3. The number of esters is 2. The first-order valence-electron chi connectivity index (χ1n) is 13.3. The highest BCUT2D eigenvalue weighted by atomic mass is 16.5. The molecular weight excluding hydrogens is 412 g/mol. The Morgan fingerprint density at radius 3 is 1.30 bits per heavy atom. The first-order chi connectivity index (χ1) is 15.9. The molecule has 4 heteroatoms. The summed E-state index contributed by atoms with van der Waals surface area (Å²) in [7, 11) is 0. The summed E-state index contributed by atoms with van der Waals surface area (Å²) in [4.78, 5) is 25.0. The van der Waals surface area contributed by atoms with Crippen molar-refractivity contribution in [3.05, 3.63) is 35.4 Å². The van der Waals surface area contributed by atoms with Gasteiger partial charge in [-0.1, -0.05) is 110 Å². The largest absolute Gasteiger partial charge is 0.462 e. The van der Waals surface area contributed by atoms with Crippen LogP contribution in [0, 0.1) is 11.8 Å². The molecule has 1 aromatic carbocycles. The van der Waals surface area contributed by atoms with Crippen LogP contribution in [-0.2, 0) is 9.47 Å². The summed E-state index contributed by atoms with van der Waals surface area (Å²) >= 11 is 0. The molecule has 0 aliphatic carbocycles. The molecule has 4 nitrogen and oxygen atoms in total. The van der Waals surface area contributed by atoms with Crippen LogP contribution in [-0.4, -0.2) is 25.2 Å². The van der Waals surface area contributed by atoms with E-state index >= 15 is 0 Å². The average Bonchev–Trinajstić information content (AvgIpc) is 2.79. The van der Waals surface area contributed by atoms with Gasteiger partial charge in [0.15, 0.2) is 0 Å². The average molecular weight is 461 g/mol. The molecule has 0 saturated heterocycles. The summed E-state index contributed by atoms with van der Waals surface area (Å²) in [5, 5.41) is 0. The Morgan fingerprint density at radius 2 is 0.909 bits per heavy atom. The number of benzene rings is 1. The van der Waals surface area contributed by atoms with Crippen LogP contribution >= 0.6 is 0 Å². The molecule has 0 aliphatic rings. The maximum Gasteiger partial charge on any atom is 0.339 e. The Bertz CT molecular complexity index is 651. The number of hydrogen-bond acceptors (Lipinski definition) is 4. The van der Waals surface area contributed by atoms with E-state index in [1.807, 2.05) is 0 Å². The van der Waals surface area contributed by atoms with E-state index in [1.165, 1.54) is 51.4 Å². The fraction of sp³-hybridized carbons (Fsp3) is 0.724. The first kappa shape index (κ1) is 29.2. The predicted octanol–water partition coefficient (Wildman–Crippen LogP) is 8.38. The third-order valence-electron chi connectivity index (χ3n) is 5.93. The highest BCUT2D eigenvalue weighted by molar-refractivity contribution is 6.03. The monoisotopic (exact) mass is 460 g/mol. The Kier molecular flexibility index (Phi) is 16.4. The lowest BCUT2D eigenvalue weighted by Gasteiger charge is -2.10. The van der Waals surface area contributed by atoms with Gasteiger partial charge in [0.2, 0.25) is 0 Å². The summed E-state index contributed by atoms with van der Waals surface area (Å²) < 4.78 is 10.8. The zero-order valence-corrected chi connectivity index (χ0v) is 21.7. The molecule has 0 spiro atoms. The van der Waals surface area contributed by atoms with Crippen LogP contribution in [0.25, 0.3) is 0 Å². The van der Waals surface area contributed by atoms with Gasteiger partial charge in [0.1, 0.15) is 0 Å². The van der Waals surface area contributed by atoms with Gasteiger partial charge in [-0.15, -0.1) is 0 Å². The van der Waals surface area contributed by atoms with Gasteiger partial charge in [0, 0.05) is 0 Å². The van der Waals surface area contributed by atoms with Crippen LogP contribution in [0.4, 0.5) is 0 Å². The number of carbonyl (C=O) groups is 2. The molecule has 0 saturated carbocycles. The maximum atomic E-state index is 12.5. The Balaban J connectivity index is 2.21. The van der Waals surface area contributed by atoms with Gasteiger partial charge < -0.3 is 9.47 Å². The van der Waals surface area contributed by atoms with Crippen molar-refractivity contribution in [2.75, 3.05) is 13.2 Å². The lowest BCUT2D eigenvalue weighted by Crippen LogP contribution is -2.15. The van der Waals surface area contributed by atoms with E-state index in [0.29, 0.717) is 30.3 Å². The third-order valence-corrected chi connectivity index (χ3v) is 5.93. The Hall–Kier alpha value is -1.84. The van der Waals surface area contributed by atoms with E-state index in [2.05, 4.69) is 27.7 Å². The van der Waals surface area contributed by atoms with E-state index in [-0.39, 0.29) is 0 Å². The van der Waals surface area contributed by atoms with E-state index in [9.17, 15) is 9.59 Å². The van der Waals surface area contributed by atoms with E-state index in [4.69, 9.17) is 9.47 Å². The number of rotatable bonds is 19. The van der Waals surface area contributed by atoms with Gasteiger partial charge >= 0.3 is 11.9 Å². The highest BCUT2D eigenvalue weighted by Gasteiger charge is 2.18. The van der Waals surface area contributed by atoms with Crippen LogP contribution in [0.3, 0.4) is 0 Å². The molecule has 0 amide bonds. The number of ether oxygens (including phenoxy) is 2. The van der Waals surface area contributed by atoms with Crippen molar-refractivity contribution in [2.45, 2.75) is 111 Å². The lowest BCUT2D eigenvalue weighted by atomic mass is 10.0. The second-order valence-electron chi connectivity index (χ2n) is 10.1. The van der Waals surface area contributed by atoms with E-state index < -0.39 is 11.9 Å². The van der Waals surface area contributed by atoms with Crippen molar-refractivity contribution >= 4 is 11.9 Å². The molecule has 0 aromatic heterocycles. The van der Waals surface area contributed by atoms with Gasteiger partial charge in [-0.25, -0.2) is 9.59 Å². The quantitative estimate of drug-likeness (QED) is 0.154. The van der Waals surface area contributed by atoms with Crippen molar-refractivity contribution in [3.8, 4) is 0 Å². The molecule has 0 bridgehead atoms. The predicted molar refractivity (Wildman–Crippen MR) is 137 cm³/mol. The van der Waals surface area contributed by atoms with E-state index in [1.54, 1.807) is 24.3 Å². The van der Waals surface area contributed by atoms with Crippen LogP contribution in [0.5, 0.6) is 0 Å². The van der Waals surface area contributed by atoms with Gasteiger partial charge in [0.05, 0.1) is 24.3 Å². The summed E-state index contributed by atoms with van der Waals surface area (Å²) in [5.74, 6) is 0.633. The third kappa shape index (κ3) is 14.8. The van der Waals surface area contributed by atoms with E-state index in [0.717, 1.165) is 38.0 Å². The molecule has 0 atom stereocenters. The molecule has 0 radical (unpaired) electrons. The van der Waals surface area contributed by atoms with Crippen molar-refractivity contribution in [3.63, 3.8) is 0 Å². The maximum absolute atomic E-state index is 12.5. The fourth-order valence-electron chi connectivity index (χ4n) is 3.87. The van der Waals surface area contributed by atoms with Crippen molar-refractivity contribution in [1.29, 1.82) is 0 Å². The highest BCUT2D eigenvalue weighted by Crippen LogP contribution is 2.15. The molecule has 33 heavy (non-hydrogen) atoms. The van der Waals surface area contributed by atoms with Gasteiger partial charge in [0.25, 0.3) is 0 Å². The summed E-state index contributed by atoms with van der Waals surface area (Å²) in [6.45, 7) is 9.78. The lowest BCUT2D eigenvalue weighted by molar-refractivity contribution is 0.0450. The fourth-order valence-corrected chi connectivity index (χ4v) is 3.87. The number of carbonyl (C=O) groups excluding carboxylic acids is 2. The van der Waals surface area contributed by atoms with Gasteiger partial charge in [-0.2, -0.15) is 0 Å². The SMILES string of the molecule is CC(C)CCCCCCCCCCOC(=O)c1ccccc1C(=O)OCCCCCC(C)C. The summed E-state index contributed by atoms with van der Waals surface area (Å²) in [5.41, 5.74) is 0.589. The minimum Gasteiger partial charge on any atom is -0.462 e. The van der Waals surface area contributed by atoms with Crippen LogP contribution in [0.1, 0.15) is 132 Å². The van der Waals surface area contributed by atoms with Crippen LogP contribution in [0.2, 0.25) is 0 Å². The topological polar surface area (TPSA) is 52.6 Å². The molecular formula is C29H48O4. The second-order valence-corrected chi connectivity index (χ2v) is 10.1. The standard InChI is InChI=1S/C29H48O4/c1-24(2)18-12-9-7-5-6-8-10-16-22-32-28(30)26-20-14-15-21-27(26)29(31)33-23-17-11-13-19-25(3)4/h14-15,20-21,24-25H,5-13,16-19,22-23H2,1-4H3. The Labute approximate surface area is 202 Å². The molecule has 188 valence electrons. The number of unbranched alkanes of at least 4 members (excludes halogenated alkanes) is 9. The summed E-state index contributed by atoms with van der Waals surface area (Å²) in [6, 6.07) is 6.78. The minimum atomic E-state index is -0.445. The molecule has 0 N–H and O–H groups in total. The number of hydrogen-bond donors (Lipinski definition) is 0. The van der Waals surface area contributed by atoms with Gasteiger partial charge in [-0.05, 0) is 36.8 Å². The van der Waals surface area contributed by atoms with Gasteiger partial charge in [-0.3, -0.25) is 0 Å². The minimum absolute atomic E-state index is 0.294. The molecule has 0 heterocycles.